The van der Waals surface area contributed by atoms with Gasteiger partial charge in [0.05, 0.1) is 35.5 Å². The summed E-state index contributed by atoms with van der Waals surface area (Å²) < 4.78 is 31.6. The summed E-state index contributed by atoms with van der Waals surface area (Å²) >= 11 is 0. The molecule has 2 rings (SSSR count). The molecule has 0 radical (unpaired) electrons. The minimum absolute atomic E-state index is 0.0143. The Kier molecular flexibility index (Phi) is 7.23. The number of hydrogen-bond acceptors (Lipinski definition) is 5. The van der Waals surface area contributed by atoms with Gasteiger partial charge in [0.25, 0.3) is 0 Å². The molecule has 1 aromatic carbocycles. The molecule has 5 atom stereocenters. The zero-order chi connectivity index (χ0) is 19.2. The smallest absolute Gasteiger partial charge is 0.178 e. The van der Waals surface area contributed by atoms with Crippen LogP contribution in [-0.4, -0.2) is 44.1 Å². The highest BCUT2D eigenvalue weighted by Gasteiger charge is 2.43. The highest BCUT2D eigenvalue weighted by Crippen LogP contribution is 2.38. The second kappa shape index (κ2) is 9.19. The first-order chi connectivity index (χ1) is 12.4. The number of sulfone groups is 1. The predicted octanol–water partition coefficient (Wildman–Crippen LogP) is 3.12. The quantitative estimate of drug-likeness (QED) is 0.307. The van der Waals surface area contributed by atoms with Crippen LogP contribution in [0.15, 0.2) is 53.0 Å². The monoisotopic (exact) mass is 379 g/mol. The van der Waals surface area contributed by atoms with E-state index in [4.69, 9.17) is 10.3 Å². The van der Waals surface area contributed by atoms with Gasteiger partial charge in [0.1, 0.15) is 0 Å². The normalized spacial score (nSPS) is 26.8. The SMILES string of the molecule is C=CC[C@@H]1O[C@H](C[C@H](O)CN=[N+]=[N-])[C@H](C)[C@H]1CS(=O)(=O)c1ccccc1. The van der Waals surface area contributed by atoms with E-state index >= 15 is 0 Å². The molecule has 0 aromatic heterocycles. The van der Waals surface area contributed by atoms with Crippen molar-refractivity contribution >= 4 is 9.84 Å². The molecule has 26 heavy (non-hydrogen) atoms. The Morgan fingerprint density at radius 1 is 1.38 bits per heavy atom. The van der Waals surface area contributed by atoms with Crippen LogP contribution < -0.4 is 0 Å². The summed E-state index contributed by atoms with van der Waals surface area (Å²) in [5.74, 6) is -0.270. The van der Waals surface area contributed by atoms with Gasteiger partial charge in [-0.1, -0.05) is 36.3 Å². The van der Waals surface area contributed by atoms with Crippen molar-refractivity contribution in [3.05, 3.63) is 53.4 Å². The van der Waals surface area contributed by atoms with Gasteiger partial charge in [-0.05, 0) is 36.4 Å². The number of ether oxygens (including phenoxy) is 1. The first-order valence-electron chi connectivity index (χ1n) is 8.62. The molecule has 8 heteroatoms. The first kappa shape index (κ1) is 20.5. The van der Waals surface area contributed by atoms with Crippen molar-refractivity contribution in [1.29, 1.82) is 0 Å². The second-order valence-electron chi connectivity index (χ2n) is 6.66. The van der Waals surface area contributed by atoms with Crippen LogP contribution >= 0.6 is 0 Å². The zero-order valence-electron chi connectivity index (χ0n) is 14.8. The molecule has 1 aliphatic rings. The van der Waals surface area contributed by atoms with Crippen LogP contribution in [0, 0.1) is 11.8 Å². The molecule has 0 aliphatic carbocycles. The Labute approximate surface area is 154 Å². The molecule has 0 unspecified atom stereocenters. The Bertz CT molecular complexity index is 747. The fourth-order valence-corrected chi connectivity index (χ4v) is 5.23. The number of aliphatic hydroxyl groups excluding tert-OH is 1. The van der Waals surface area contributed by atoms with E-state index in [2.05, 4.69) is 16.6 Å². The maximum Gasteiger partial charge on any atom is 0.178 e. The number of hydrogen-bond donors (Lipinski definition) is 1. The Morgan fingerprint density at radius 3 is 2.69 bits per heavy atom. The summed E-state index contributed by atoms with van der Waals surface area (Å²) in [6.07, 6.45) is 1.20. The number of nitrogens with zero attached hydrogens (tertiary/aromatic N) is 3. The molecular weight excluding hydrogens is 354 g/mol. The topological polar surface area (TPSA) is 112 Å². The Morgan fingerprint density at radius 2 is 2.08 bits per heavy atom. The fraction of sp³-hybridized carbons (Fsp3) is 0.556. The standard InChI is InChI=1S/C18H25N3O4S/c1-3-7-17-16(12-26(23,24)15-8-5-4-6-9-15)13(2)18(25-17)10-14(22)11-20-21-19/h3-6,8-9,13-14,16-18,22H,1,7,10-12H2,2H3/t13-,14+,16-,17+,18-/m1/s1. The van der Waals surface area contributed by atoms with Gasteiger partial charge in [-0.15, -0.1) is 6.58 Å². The first-order valence-corrected chi connectivity index (χ1v) is 10.3. The van der Waals surface area contributed by atoms with E-state index < -0.39 is 15.9 Å². The summed E-state index contributed by atoms with van der Waals surface area (Å²) in [6, 6.07) is 8.38. The number of aliphatic hydroxyl groups is 1. The van der Waals surface area contributed by atoms with Crippen LogP contribution in [0.2, 0.25) is 0 Å². The molecule has 1 aromatic rings. The fourth-order valence-electron chi connectivity index (χ4n) is 3.44. The summed E-state index contributed by atoms with van der Waals surface area (Å²) in [5.41, 5.74) is 8.36. The molecule has 1 fully saturated rings. The van der Waals surface area contributed by atoms with Crippen LogP contribution in [-0.2, 0) is 14.6 Å². The number of rotatable bonds is 9. The van der Waals surface area contributed by atoms with Crippen LogP contribution in [0.3, 0.4) is 0 Å². The van der Waals surface area contributed by atoms with Gasteiger partial charge in [-0.2, -0.15) is 0 Å². The van der Waals surface area contributed by atoms with Gasteiger partial charge < -0.3 is 9.84 Å². The zero-order valence-corrected chi connectivity index (χ0v) is 15.6. The van der Waals surface area contributed by atoms with E-state index in [-0.39, 0.29) is 36.3 Å². The van der Waals surface area contributed by atoms with Crippen molar-refractivity contribution < 1.29 is 18.3 Å². The van der Waals surface area contributed by atoms with Gasteiger partial charge >= 0.3 is 0 Å². The average Bonchev–Trinajstić information content (AvgIpc) is 2.89. The molecule has 0 bridgehead atoms. The summed E-state index contributed by atoms with van der Waals surface area (Å²) in [4.78, 5) is 2.94. The van der Waals surface area contributed by atoms with Crippen molar-refractivity contribution in [2.45, 2.75) is 43.0 Å². The maximum atomic E-state index is 12.8. The highest BCUT2D eigenvalue weighted by molar-refractivity contribution is 7.91. The maximum absolute atomic E-state index is 12.8. The Balaban J connectivity index is 2.14. The predicted molar refractivity (Wildman–Crippen MR) is 99.3 cm³/mol. The highest BCUT2D eigenvalue weighted by atomic mass is 32.2. The lowest BCUT2D eigenvalue weighted by Gasteiger charge is -2.21. The van der Waals surface area contributed by atoms with E-state index in [1.54, 1.807) is 36.4 Å². The van der Waals surface area contributed by atoms with Gasteiger partial charge in [0.2, 0.25) is 0 Å². The average molecular weight is 379 g/mol. The third-order valence-electron chi connectivity index (χ3n) is 4.86. The second-order valence-corrected chi connectivity index (χ2v) is 8.69. The van der Waals surface area contributed by atoms with Crippen molar-refractivity contribution in [1.82, 2.24) is 0 Å². The van der Waals surface area contributed by atoms with E-state index in [9.17, 15) is 13.5 Å². The lowest BCUT2D eigenvalue weighted by molar-refractivity contribution is 0.00353. The third kappa shape index (κ3) is 5.08. The molecule has 1 aliphatic heterocycles. The van der Waals surface area contributed by atoms with E-state index in [1.807, 2.05) is 6.92 Å². The van der Waals surface area contributed by atoms with Crippen molar-refractivity contribution in [3.8, 4) is 0 Å². The van der Waals surface area contributed by atoms with Gasteiger partial charge in [-0.3, -0.25) is 0 Å². The largest absolute Gasteiger partial charge is 0.393 e. The lowest BCUT2D eigenvalue weighted by atomic mass is 9.87. The summed E-state index contributed by atoms with van der Waals surface area (Å²) in [5, 5.41) is 13.4. The molecule has 0 saturated carbocycles. The van der Waals surface area contributed by atoms with Gasteiger partial charge in [0, 0.05) is 10.8 Å². The van der Waals surface area contributed by atoms with Gasteiger partial charge in [-0.25, -0.2) is 8.42 Å². The molecule has 7 nitrogen and oxygen atoms in total. The van der Waals surface area contributed by atoms with Crippen LogP contribution in [0.1, 0.15) is 19.8 Å². The molecule has 142 valence electrons. The molecule has 1 N–H and O–H groups in total. The number of benzene rings is 1. The molecule has 1 heterocycles. The van der Waals surface area contributed by atoms with E-state index in [0.29, 0.717) is 17.7 Å². The van der Waals surface area contributed by atoms with E-state index in [0.717, 1.165) is 0 Å². The van der Waals surface area contributed by atoms with Crippen LogP contribution in [0.5, 0.6) is 0 Å². The Hall–Kier alpha value is -1.86. The van der Waals surface area contributed by atoms with Crippen molar-refractivity contribution in [2.75, 3.05) is 12.3 Å². The van der Waals surface area contributed by atoms with Gasteiger partial charge in [0.15, 0.2) is 9.84 Å². The summed E-state index contributed by atoms with van der Waals surface area (Å²) in [6.45, 7) is 5.65. The number of azide groups is 1. The molecule has 1 saturated heterocycles. The molecular formula is C18H25N3O4S. The van der Waals surface area contributed by atoms with E-state index in [1.165, 1.54) is 0 Å². The summed E-state index contributed by atoms with van der Waals surface area (Å²) in [7, 11) is -3.44. The molecule has 0 amide bonds. The lowest BCUT2D eigenvalue weighted by Crippen LogP contribution is -2.29. The van der Waals surface area contributed by atoms with Crippen molar-refractivity contribution in [3.63, 3.8) is 0 Å². The van der Waals surface area contributed by atoms with Crippen LogP contribution in [0.25, 0.3) is 10.4 Å². The minimum Gasteiger partial charge on any atom is -0.393 e. The van der Waals surface area contributed by atoms with Crippen LogP contribution in [0.4, 0.5) is 0 Å². The third-order valence-corrected chi connectivity index (χ3v) is 6.68. The minimum atomic E-state index is -3.44. The molecule has 0 spiro atoms. The van der Waals surface area contributed by atoms with Crippen molar-refractivity contribution in [2.24, 2.45) is 17.0 Å².